The van der Waals surface area contributed by atoms with Crippen molar-refractivity contribution in [3.8, 4) is 0 Å². The number of nitrogens with zero attached hydrogens (tertiary/aromatic N) is 3. The number of hydrogen-bond donors (Lipinski definition) is 0. The highest BCUT2D eigenvalue weighted by Gasteiger charge is 2.27. The molecule has 1 heterocycles. The van der Waals surface area contributed by atoms with Crippen LogP contribution < -0.4 is 4.90 Å². The first-order valence-corrected chi connectivity index (χ1v) is 8.27. The van der Waals surface area contributed by atoms with Crippen LogP contribution in [0.3, 0.4) is 0 Å². The van der Waals surface area contributed by atoms with Gasteiger partial charge in [0, 0.05) is 25.6 Å². The summed E-state index contributed by atoms with van der Waals surface area (Å²) in [6.45, 7) is 1.13. The van der Waals surface area contributed by atoms with Crippen molar-refractivity contribution in [2.24, 2.45) is 5.92 Å². The summed E-state index contributed by atoms with van der Waals surface area (Å²) in [4.78, 5) is 11.6. The fourth-order valence-electron chi connectivity index (χ4n) is 2.99. The molecule has 2 saturated carbocycles. The second kappa shape index (κ2) is 5.78. The Balaban J connectivity index is 1.69. The summed E-state index contributed by atoms with van der Waals surface area (Å²) >= 11 is 3.52. The lowest BCUT2D eigenvalue weighted by Crippen LogP contribution is -2.27. The standard InChI is InChI=1S/C15H22BrN3/c1-19(10-11-5-3-2-4-6-11)14-9-13(16)17-15(18-14)12-7-8-12/h9,11-12H,2-8,10H2,1H3. The van der Waals surface area contributed by atoms with Gasteiger partial charge in [0.1, 0.15) is 16.2 Å². The molecule has 0 aromatic carbocycles. The fraction of sp³-hybridized carbons (Fsp3) is 0.733. The van der Waals surface area contributed by atoms with Crippen LogP contribution in [-0.2, 0) is 0 Å². The lowest BCUT2D eigenvalue weighted by molar-refractivity contribution is 0.361. The van der Waals surface area contributed by atoms with Gasteiger partial charge in [0.05, 0.1) is 0 Å². The van der Waals surface area contributed by atoms with Gasteiger partial charge in [-0.2, -0.15) is 0 Å². The molecule has 104 valence electrons. The van der Waals surface area contributed by atoms with Crippen LogP contribution in [-0.4, -0.2) is 23.6 Å². The van der Waals surface area contributed by atoms with Crippen molar-refractivity contribution in [2.45, 2.75) is 50.9 Å². The van der Waals surface area contributed by atoms with Crippen LogP contribution in [0.5, 0.6) is 0 Å². The van der Waals surface area contributed by atoms with Crippen molar-refractivity contribution >= 4 is 21.7 Å². The van der Waals surface area contributed by atoms with Gasteiger partial charge in [-0.25, -0.2) is 9.97 Å². The first-order valence-electron chi connectivity index (χ1n) is 7.48. The zero-order valence-electron chi connectivity index (χ0n) is 11.6. The Morgan fingerprint density at radius 2 is 1.89 bits per heavy atom. The highest BCUT2D eigenvalue weighted by Crippen LogP contribution is 2.39. The van der Waals surface area contributed by atoms with E-state index in [0.717, 1.165) is 28.7 Å². The molecule has 3 rings (SSSR count). The van der Waals surface area contributed by atoms with Crippen molar-refractivity contribution < 1.29 is 0 Å². The highest BCUT2D eigenvalue weighted by molar-refractivity contribution is 9.10. The molecule has 2 fully saturated rings. The van der Waals surface area contributed by atoms with Gasteiger partial charge in [-0.1, -0.05) is 19.3 Å². The number of aromatic nitrogens is 2. The smallest absolute Gasteiger partial charge is 0.135 e. The van der Waals surface area contributed by atoms with E-state index >= 15 is 0 Å². The molecule has 0 amide bonds. The van der Waals surface area contributed by atoms with Crippen LogP contribution in [0.15, 0.2) is 10.7 Å². The van der Waals surface area contributed by atoms with Gasteiger partial charge in [-0.3, -0.25) is 0 Å². The van der Waals surface area contributed by atoms with Crippen LogP contribution in [0.25, 0.3) is 0 Å². The van der Waals surface area contributed by atoms with Crippen molar-refractivity contribution in [3.05, 3.63) is 16.5 Å². The SMILES string of the molecule is CN(CC1CCCCC1)c1cc(Br)nc(C2CC2)n1. The molecule has 1 aromatic heterocycles. The summed E-state index contributed by atoms with van der Waals surface area (Å²) < 4.78 is 0.926. The Morgan fingerprint density at radius 1 is 1.16 bits per heavy atom. The third kappa shape index (κ3) is 3.47. The van der Waals surface area contributed by atoms with Gasteiger partial charge in [0.2, 0.25) is 0 Å². The average Bonchev–Trinajstić information content (AvgIpc) is 3.23. The van der Waals surface area contributed by atoms with Crippen LogP contribution >= 0.6 is 15.9 Å². The van der Waals surface area contributed by atoms with E-state index in [0.29, 0.717) is 5.92 Å². The first-order chi connectivity index (χ1) is 9.22. The topological polar surface area (TPSA) is 29.0 Å². The Kier molecular flexibility index (Phi) is 4.06. The van der Waals surface area contributed by atoms with E-state index in [-0.39, 0.29) is 0 Å². The minimum Gasteiger partial charge on any atom is -0.359 e. The molecule has 0 spiro atoms. The monoisotopic (exact) mass is 323 g/mol. The molecule has 0 radical (unpaired) electrons. The molecular weight excluding hydrogens is 302 g/mol. The molecule has 4 heteroatoms. The molecule has 2 aliphatic carbocycles. The Hall–Kier alpha value is -0.640. The molecular formula is C15H22BrN3. The summed E-state index contributed by atoms with van der Waals surface area (Å²) in [6.07, 6.45) is 9.49. The van der Waals surface area contributed by atoms with Gasteiger partial charge < -0.3 is 4.90 Å². The molecule has 0 N–H and O–H groups in total. The van der Waals surface area contributed by atoms with Crippen LogP contribution in [0.4, 0.5) is 5.82 Å². The van der Waals surface area contributed by atoms with Crippen molar-refractivity contribution in [3.63, 3.8) is 0 Å². The Labute approximate surface area is 124 Å². The van der Waals surface area contributed by atoms with E-state index in [2.05, 4.69) is 38.9 Å². The molecule has 3 nitrogen and oxygen atoms in total. The van der Waals surface area contributed by atoms with Gasteiger partial charge in [0.15, 0.2) is 0 Å². The molecule has 0 unspecified atom stereocenters. The Bertz CT molecular complexity index is 439. The van der Waals surface area contributed by atoms with Gasteiger partial charge in [0.25, 0.3) is 0 Å². The van der Waals surface area contributed by atoms with E-state index < -0.39 is 0 Å². The normalized spacial score (nSPS) is 20.5. The quantitative estimate of drug-likeness (QED) is 0.780. The molecule has 2 aliphatic rings. The molecule has 0 aliphatic heterocycles. The lowest BCUT2D eigenvalue weighted by atomic mass is 9.89. The summed E-state index contributed by atoms with van der Waals surface area (Å²) in [6, 6.07) is 2.05. The largest absolute Gasteiger partial charge is 0.359 e. The van der Waals surface area contributed by atoms with E-state index in [4.69, 9.17) is 4.98 Å². The van der Waals surface area contributed by atoms with E-state index in [1.165, 1.54) is 44.9 Å². The summed E-state index contributed by atoms with van der Waals surface area (Å²) in [7, 11) is 2.17. The first kappa shape index (κ1) is 13.3. The molecule has 19 heavy (non-hydrogen) atoms. The van der Waals surface area contributed by atoms with E-state index in [1.54, 1.807) is 0 Å². The summed E-state index contributed by atoms with van der Waals surface area (Å²) in [5.74, 6) is 3.56. The van der Waals surface area contributed by atoms with Crippen molar-refractivity contribution in [1.82, 2.24) is 9.97 Å². The van der Waals surface area contributed by atoms with Gasteiger partial charge in [-0.15, -0.1) is 0 Å². The minimum atomic E-state index is 0.610. The summed E-state index contributed by atoms with van der Waals surface area (Å²) in [5, 5.41) is 0. The van der Waals surface area contributed by atoms with Crippen LogP contribution in [0, 0.1) is 5.92 Å². The van der Waals surface area contributed by atoms with Crippen molar-refractivity contribution in [1.29, 1.82) is 0 Å². The number of rotatable bonds is 4. The molecule has 0 bridgehead atoms. The van der Waals surface area contributed by atoms with Crippen LogP contribution in [0.2, 0.25) is 0 Å². The zero-order chi connectivity index (χ0) is 13.2. The maximum absolute atomic E-state index is 4.75. The Morgan fingerprint density at radius 3 is 2.58 bits per heavy atom. The van der Waals surface area contributed by atoms with Crippen molar-refractivity contribution in [2.75, 3.05) is 18.5 Å². The molecule has 1 aromatic rings. The third-order valence-electron chi connectivity index (χ3n) is 4.29. The van der Waals surface area contributed by atoms with E-state index in [1.807, 2.05) is 0 Å². The predicted molar refractivity (Wildman–Crippen MR) is 81.6 cm³/mol. The second-order valence-electron chi connectivity index (χ2n) is 6.07. The fourth-order valence-corrected chi connectivity index (χ4v) is 3.38. The molecule has 0 atom stereocenters. The van der Waals surface area contributed by atoms with Crippen LogP contribution in [0.1, 0.15) is 56.7 Å². The van der Waals surface area contributed by atoms with E-state index in [9.17, 15) is 0 Å². The average molecular weight is 324 g/mol. The zero-order valence-corrected chi connectivity index (χ0v) is 13.2. The number of hydrogen-bond acceptors (Lipinski definition) is 3. The highest BCUT2D eigenvalue weighted by atomic mass is 79.9. The summed E-state index contributed by atoms with van der Waals surface area (Å²) in [5.41, 5.74) is 0. The van der Waals surface area contributed by atoms with Gasteiger partial charge in [-0.05, 0) is 47.5 Å². The number of anilines is 1. The third-order valence-corrected chi connectivity index (χ3v) is 4.70. The number of halogens is 1. The predicted octanol–water partition coefficient (Wildman–Crippen LogP) is 4.13. The maximum Gasteiger partial charge on any atom is 0.135 e. The lowest BCUT2D eigenvalue weighted by Gasteiger charge is -2.27. The van der Waals surface area contributed by atoms with Gasteiger partial charge >= 0.3 is 0 Å². The maximum atomic E-state index is 4.75. The second-order valence-corrected chi connectivity index (χ2v) is 6.88. The minimum absolute atomic E-state index is 0.610. The molecule has 0 saturated heterocycles.